The number of imidazole rings is 1. The van der Waals surface area contributed by atoms with E-state index in [2.05, 4.69) is 15.3 Å². The van der Waals surface area contributed by atoms with Gasteiger partial charge in [-0.15, -0.1) is 0 Å². The van der Waals surface area contributed by atoms with Crippen molar-refractivity contribution in [2.45, 2.75) is 11.7 Å². The average Bonchev–Trinajstić information content (AvgIpc) is 3.14. The van der Waals surface area contributed by atoms with Crippen LogP contribution >= 0.6 is 11.6 Å². The van der Waals surface area contributed by atoms with E-state index in [0.717, 1.165) is 0 Å². The van der Waals surface area contributed by atoms with Gasteiger partial charge in [-0.25, -0.2) is 13.4 Å². The molecule has 1 aliphatic rings. The summed E-state index contributed by atoms with van der Waals surface area (Å²) in [7, 11) is -3.49. The third-order valence-corrected chi connectivity index (χ3v) is 5.91. The number of anilines is 1. The lowest BCUT2D eigenvalue weighted by Crippen LogP contribution is -2.17. The maximum absolute atomic E-state index is 12.9. The maximum Gasteiger partial charge on any atom is 0.274 e. The molecule has 1 aromatic carbocycles. The minimum atomic E-state index is -3.49. The molecule has 0 bridgehead atoms. The highest BCUT2D eigenvalue weighted by Crippen LogP contribution is 2.31. The van der Waals surface area contributed by atoms with Crippen molar-refractivity contribution < 1.29 is 13.2 Å². The Morgan fingerprint density at radius 3 is 2.50 bits per heavy atom. The number of halogens is 1. The number of hydrogen-bond acceptors (Lipinski definition) is 5. The van der Waals surface area contributed by atoms with Gasteiger partial charge in [0.15, 0.2) is 0 Å². The van der Waals surface area contributed by atoms with Crippen LogP contribution in [0.3, 0.4) is 0 Å². The van der Waals surface area contributed by atoms with Gasteiger partial charge in [0.2, 0.25) is 15.0 Å². The monoisotopic (exact) mass is 388 g/mol. The van der Waals surface area contributed by atoms with Crippen molar-refractivity contribution in [3.63, 3.8) is 0 Å². The Bertz CT molecular complexity index is 1090. The fourth-order valence-electron chi connectivity index (χ4n) is 2.84. The third kappa shape index (κ3) is 2.87. The van der Waals surface area contributed by atoms with E-state index in [1.165, 1.54) is 4.57 Å². The number of benzene rings is 1. The largest absolute Gasteiger partial charge is 0.321 e. The lowest BCUT2D eigenvalue weighted by molar-refractivity contribution is 0.101. The van der Waals surface area contributed by atoms with Gasteiger partial charge in [-0.3, -0.25) is 9.78 Å². The number of aromatic nitrogens is 3. The van der Waals surface area contributed by atoms with Gasteiger partial charge in [-0.2, -0.15) is 0 Å². The third-order valence-electron chi connectivity index (χ3n) is 4.07. The Kier molecular flexibility index (Phi) is 4.01. The second-order valence-corrected chi connectivity index (χ2v) is 8.20. The minimum absolute atomic E-state index is 0.0637. The number of carbonyl (C=O) groups is 1. The first kappa shape index (κ1) is 16.7. The summed E-state index contributed by atoms with van der Waals surface area (Å²) in [6.45, 7) is 0.192. The molecule has 9 heteroatoms. The Hall–Kier alpha value is -2.71. The van der Waals surface area contributed by atoms with Crippen LogP contribution in [-0.4, -0.2) is 34.6 Å². The van der Waals surface area contributed by atoms with Crippen molar-refractivity contribution in [3.8, 4) is 11.3 Å². The number of pyridine rings is 1. The molecule has 26 heavy (non-hydrogen) atoms. The van der Waals surface area contributed by atoms with Crippen LogP contribution in [0.4, 0.5) is 5.69 Å². The Labute approximate surface area is 154 Å². The fraction of sp³-hybridized carbons (Fsp3) is 0.118. The van der Waals surface area contributed by atoms with Gasteiger partial charge in [0.1, 0.15) is 11.4 Å². The number of fused-ring (bicyclic) bond motifs is 1. The van der Waals surface area contributed by atoms with Gasteiger partial charge in [0.25, 0.3) is 5.91 Å². The van der Waals surface area contributed by atoms with E-state index in [1.54, 1.807) is 48.8 Å². The SMILES string of the molecule is O=C(Nc1ccncc1)c1c(-c2ccc(Cl)cc2)nc2n1CCS2(=O)=O. The molecule has 0 atom stereocenters. The van der Waals surface area contributed by atoms with Crippen LogP contribution in [0.2, 0.25) is 5.02 Å². The molecule has 0 radical (unpaired) electrons. The first-order valence-corrected chi connectivity index (χ1v) is 9.79. The quantitative estimate of drug-likeness (QED) is 0.744. The second-order valence-electron chi connectivity index (χ2n) is 5.76. The number of hydrogen-bond donors (Lipinski definition) is 1. The van der Waals surface area contributed by atoms with Crippen molar-refractivity contribution in [2.75, 3.05) is 11.1 Å². The van der Waals surface area contributed by atoms with E-state index in [0.29, 0.717) is 22.0 Å². The van der Waals surface area contributed by atoms with Gasteiger partial charge >= 0.3 is 0 Å². The number of sulfone groups is 1. The van der Waals surface area contributed by atoms with E-state index in [1.807, 2.05) is 0 Å². The molecule has 0 saturated heterocycles. The molecule has 0 saturated carbocycles. The van der Waals surface area contributed by atoms with E-state index >= 15 is 0 Å². The molecule has 1 N–H and O–H groups in total. The molecular formula is C17H13ClN4O3S. The lowest BCUT2D eigenvalue weighted by atomic mass is 10.1. The van der Waals surface area contributed by atoms with Crippen molar-refractivity contribution in [3.05, 3.63) is 59.5 Å². The Morgan fingerprint density at radius 2 is 1.81 bits per heavy atom. The fourth-order valence-corrected chi connectivity index (χ4v) is 4.32. The van der Waals surface area contributed by atoms with Gasteiger partial charge in [0.05, 0.1) is 5.75 Å². The average molecular weight is 389 g/mol. The Balaban J connectivity index is 1.84. The summed E-state index contributed by atoms with van der Waals surface area (Å²) >= 11 is 5.92. The van der Waals surface area contributed by atoms with Crippen molar-refractivity contribution in [1.29, 1.82) is 0 Å². The maximum atomic E-state index is 12.9. The molecule has 132 valence electrons. The van der Waals surface area contributed by atoms with E-state index in [-0.39, 0.29) is 23.1 Å². The van der Waals surface area contributed by atoms with Crippen LogP contribution in [0, 0.1) is 0 Å². The first-order valence-electron chi connectivity index (χ1n) is 7.76. The van der Waals surface area contributed by atoms with Crippen LogP contribution < -0.4 is 5.32 Å². The molecular weight excluding hydrogens is 376 g/mol. The van der Waals surface area contributed by atoms with Crippen molar-refractivity contribution in [2.24, 2.45) is 0 Å². The molecule has 0 unspecified atom stereocenters. The van der Waals surface area contributed by atoms with Gasteiger partial charge in [-0.05, 0) is 24.3 Å². The summed E-state index contributed by atoms with van der Waals surface area (Å²) in [4.78, 5) is 21.1. The van der Waals surface area contributed by atoms with Gasteiger partial charge in [-0.1, -0.05) is 23.7 Å². The number of amides is 1. The zero-order chi connectivity index (χ0) is 18.3. The molecule has 4 rings (SSSR count). The number of nitrogens with zero attached hydrogens (tertiary/aromatic N) is 3. The van der Waals surface area contributed by atoms with Crippen molar-refractivity contribution >= 4 is 33.0 Å². The number of nitrogens with one attached hydrogen (secondary N) is 1. The smallest absolute Gasteiger partial charge is 0.274 e. The molecule has 3 aromatic rings. The summed E-state index contributed by atoms with van der Waals surface area (Å²) in [5.74, 6) is -0.497. The first-order chi connectivity index (χ1) is 12.5. The molecule has 1 aliphatic heterocycles. The lowest BCUT2D eigenvalue weighted by Gasteiger charge is -2.09. The number of carbonyl (C=O) groups excluding carboxylic acids is 1. The van der Waals surface area contributed by atoms with Crippen LogP contribution in [-0.2, 0) is 16.4 Å². The zero-order valence-corrected chi connectivity index (χ0v) is 15.0. The molecule has 3 heterocycles. The topological polar surface area (TPSA) is 93.9 Å². The molecule has 1 amide bonds. The van der Waals surface area contributed by atoms with Crippen LogP contribution in [0.5, 0.6) is 0 Å². The zero-order valence-electron chi connectivity index (χ0n) is 13.4. The highest BCUT2D eigenvalue weighted by atomic mass is 35.5. The predicted molar refractivity (Wildman–Crippen MR) is 96.9 cm³/mol. The van der Waals surface area contributed by atoms with Crippen molar-refractivity contribution in [1.82, 2.24) is 14.5 Å². The van der Waals surface area contributed by atoms with Crippen LogP contribution in [0.25, 0.3) is 11.3 Å². The van der Waals surface area contributed by atoms with E-state index < -0.39 is 15.7 Å². The molecule has 0 aliphatic carbocycles. The van der Waals surface area contributed by atoms with Gasteiger partial charge < -0.3 is 9.88 Å². The summed E-state index contributed by atoms with van der Waals surface area (Å²) in [6.07, 6.45) is 3.11. The minimum Gasteiger partial charge on any atom is -0.321 e. The second kappa shape index (κ2) is 6.22. The van der Waals surface area contributed by atoms with Crippen LogP contribution in [0.1, 0.15) is 10.5 Å². The van der Waals surface area contributed by atoms with Crippen LogP contribution in [0.15, 0.2) is 53.9 Å². The standard InChI is InChI=1S/C17H13ClN4O3S/c18-12-3-1-11(2-4-12)14-15(16(23)20-13-5-7-19-8-6-13)22-9-10-26(24,25)17(22)21-14/h1-8H,9-10H2,(H,19,20,23). The van der Waals surface area contributed by atoms with Gasteiger partial charge in [0, 0.05) is 35.2 Å². The summed E-state index contributed by atoms with van der Waals surface area (Å²) < 4.78 is 25.9. The number of rotatable bonds is 3. The van der Waals surface area contributed by atoms with E-state index in [4.69, 9.17) is 11.6 Å². The molecule has 0 fully saturated rings. The summed E-state index contributed by atoms with van der Waals surface area (Å²) in [5, 5.41) is 3.22. The Morgan fingerprint density at radius 1 is 1.12 bits per heavy atom. The normalized spacial score (nSPS) is 14.8. The highest BCUT2D eigenvalue weighted by molar-refractivity contribution is 7.91. The summed E-state index contributed by atoms with van der Waals surface area (Å²) in [5.41, 5.74) is 1.70. The molecule has 2 aromatic heterocycles. The summed E-state index contributed by atoms with van der Waals surface area (Å²) in [6, 6.07) is 10.0. The highest BCUT2D eigenvalue weighted by Gasteiger charge is 2.35. The predicted octanol–water partition coefficient (Wildman–Crippen LogP) is 2.64. The van der Waals surface area contributed by atoms with E-state index in [9.17, 15) is 13.2 Å². The molecule has 0 spiro atoms. The molecule has 7 nitrogen and oxygen atoms in total.